The molecule has 40 heavy (non-hydrogen) atoms. The lowest BCUT2D eigenvalue weighted by atomic mass is 10.1. The van der Waals surface area contributed by atoms with Crippen LogP contribution >= 0.6 is 21.6 Å². The van der Waals surface area contributed by atoms with Gasteiger partial charge >= 0.3 is 17.6 Å². The van der Waals surface area contributed by atoms with Crippen LogP contribution in [0.15, 0.2) is 0 Å². The maximum atomic E-state index is 5.49. The first kappa shape index (κ1) is 40.9. The average molecular weight is 643 g/mol. The summed E-state index contributed by atoms with van der Waals surface area (Å²) in [5.74, 6) is 2.65. The van der Waals surface area contributed by atoms with Crippen molar-refractivity contribution in [3.63, 3.8) is 0 Å². The van der Waals surface area contributed by atoms with E-state index < -0.39 is 17.6 Å². The van der Waals surface area contributed by atoms with Crippen LogP contribution < -0.4 is 0 Å². The smallest absolute Gasteiger partial charge is 0.377 e. The minimum atomic E-state index is -2.35. The third kappa shape index (κ3) is 22.4. The van der Waals surface area contributed by atoms with E-state index in [-0.39, 0.29) is 0 Å². The van der Waals surface area contributed by atoms with Gasteiger partial charge in [0.15, 0.2) is 0 Å². The summed E-state index contributed by atoms with van der Waals surface area (Å²) >= 11 is 0. The first-order valence-electron chi connectivity index (χ1n) is 16.1. The molecule has 6 nitrogen and oxygen atoms in total. The van der Waals surface area contributed by atoms with Crippen LogP contribution in [0.3, 0.4) is 0 Å². The second kappa shape index (κ2) is 29.9. The summed E-state index contributed by atoms with van der Waals surface area (Å²) < 4.78 is 32.9. The van der Waals surface area contributed by atoms with Gasteiger partial charge in [-0.2, -0.15) is 0 Å². The van der Waals surface area contributed by atoms with Gasteiger partial charge in [-0.1, -0.05) is 124 Å². The summed E-state index contributed by atoms with van der Waals surface area (Å²) in [6.07, 6.45) is 26.9. The maximum absolute atomic E-state index is 5.49. The SMILES string of the molecule is CO[Si](CCCCCCCCCCCCSSCCCCCCCCCCCC[Si](OC)(OC)OC)(OC)OC. The number of rotatable bonds is 33. The first-order chi connectivity index (χ1) is 19.6. The molecule has 0 saturated heterocycles. The molecule has 0 rings (SSSR count). The van der Waals surface area contributed by atoms with Gasteiger partial charge in [-0.05, 0) is 25.7 Å². The molecular formula is C30H66O6S2Si2. The quantitative estimate of drug-likeness (QED) is 0.0398. The Hall–Kier alpha value is 0.894. The topological polar surface area (TPSA) is 55.4 Å². The van der Waals surface area contributed by atoms with Crippen LogP contribution in [0.2, 0.25) is 12.1 Å². The Morgan fingerprint density at radius 1 is 0.300 bits per heavy atom. The van der Waals surface area contributed by atoms with E-state index in [1.807, 2.05) is 0 Å². The standard InChI is InChI=1S/C30H66O6S2Si2/c1-31-39(32-2,33-3)29-25-21-17-13-9-7-11-15-19-23-27-37-38-28-24-20-16-12-8-10-14-18-22-26-30-40(34-4,35-5)36-6/h7-30H2,1-6H3. The molecule has 0 amide bonds. The molecule has 0 unspecified atom stereocenters. The molecule has 10 heteroatoms. The summed E-state index contributed by atoms with van der Waals surface area (Å²) in [6.45, 7) is 0. The number of unbranched alkanes of at least 4 members (excludes halogenated alkanes) is 18. The highest BCUT2D eigenvalue weighted by atomic mass is 33.1. The molecule has 0 aromatic carbocycles. The molecule has 0 aliphatic heterocycles. The zero-order valence-electron chi connectivity index (χ0n) is 27.2. The molecule has 0 fully saturated rings. The van der Waals surface area contributed by atoms with Gasteiger partial charge in [-0.25, -0.2) is 0 Å². The summed E-state index contributed by atoms with van der Waals surface area (Å²) in [5.41, 5.74) is 0. The van der Waals surface area contributed by atoms with Crippen molar-refractivity contribution in [3.05, 3.63) is 0 Å². The van der Waals surface area contributed by atoms with Gasteiger partial charge in [0.05, 0.1) is 0 Å². The monoisotopic (exact) mass is 642 g/mol. The Morgan fingerprint density at radius 2 is 0.500 bits per heavy atom. The van der Waals surface area contributed by atoms with E-state index >= 15 is 0 Å². The predicted molar refractivity (Wildman–Crippen MR) is 180 cm³/mol. The zero-order chi connectivity index (χ0) is 29.6. The van der Waals surface area contributed by atoms with E-state index in [9.17, 15) is 0 Å². The van der Waals surface area contributed by atoms with E-state index in [0.717, 1.165) is 24.9 Å². The molecule has 0 aliphatic carbocycles. The van der Waals surface area contributed by atoms with Crippen molar-refractivity contribution in [2.75, 3.05) is 54.2 Å². The lowest BCUT2D eigenvalue weighted by Gasteiger charge is -2.24. The molecule has 0 radical (unpaired) electrons. The minimum Gasteiger partial charge on any atom is -0.377 e. The van der Waals surface area contributed by atoms with Gasteiger partial charge in [0.1, 0.15) is 0 Å². The van der Waals surface area contributed by atoms with Crippen molar-refractivity contribution in [1.82, 2.24) is 0 Å². The van der Waals surface area contributed by atoms with Crippen LogP contribution in [0.5, 0.6) is 0 Å². The van der Waals surface area contributed by atoms with Crippen molar-refractivity contribution in [1.29, 1.82) is 0 Å². The third-order valence-electron chi connectivity index (χ3n) is 7.87. The molecule has 0 spiro atoms. The van der Waals surface area contributed by atoms with Gasteiger partial charge in [-0.15, -0.1) is 0 Å². The van der Waals surface area contributed by atoms with Crippen LogP contribution in [0, 0.1) is 0 Å². The second-order valence-electron chi connectivity index (χ2n) is 10.8. The fourth-order valence-electron chi connectivity index (χ4n) is 5.06. The summed E-state index contributed by atoms with van der Waals surface area (Å²) in [7, 11) is 9.70. The van der Waals surface area contributed by atoms with Gasteiger partial charge in [0.2, 0.25) is 0 Å². The first-order valence-corrected chi connectivity index (χ1v) is 22.5. The maximum Gasteiger partial charge on any atom is 0.500 e. The molecule has 0 saturated carbocycles. The number of hydrogen-bond donors (Lipinski definition) is 0. The Bertz CT molecular complexity index is 454. The summed E-state index contributed by atoms with van der Waals surface area (Å²) in [6, 6.07) is 1.86. The second-order valence-corrected chi connectivity index (χ2v) is 19.7. The number of hydrogen-bond acceptors (Lipinski definition) is 8. The fourth-order valence-corrected chi connectivity index (χ4v) is 10.9. The Balaban J connectivity index is 3.24. The molecule has 0 aromatic heterocycles. The third-order valence-corrected chi connectivity index (χ3v) is 16.1. The Kier molecular flexibility index (Phi) is 30.6. The minimum absolute atomic E-state index is 0.929. The highest BCUT2D eigenvalue weighted by Crippen LogP contribution is 2.25. The average Bonchev–Trinajstić information content (AvgIpc) is 2.99. The molecule has 0 aromatic rings. The molecule has 0 heterocycles. The normalized spacial score (nSPS) is 12.4. The van der Waals surface area contributed by atoms with Gasteiger partial charge < -0.3 is 26.6 Å². The van der Waals surface area contributed by atoms with Crippen LogP contribution in [-0.4, -0.2) is 71.8 Å². The Labute approximate surface area is 259 Å². The van der Waals surface area contributed by atoms with Gasteiger partial charge in [0, 0.05) is 66.3 Å². The fraction of sp³-hybridized carbons (Fsp3) is 1.00. The molecular weight excluding hydrogens is 577 g/mol. The van der Waals surface area contributed by atoms with Crippen molar-refractivity contribution in [2.45, 2.75) is 141 Å². The van der Waals surface area contributed by atoms with Crippen LogP contribution in [0.25, 0.3) is 0 Å². The largest absolute Gasteiger partial charge is 0.500 e. The van der Waals surface area contributed by atoms with Crippen molar-refractivity contribution in [2.24, 2.45) is 0 Å². The van der Waals surface area contributed by atoms with E-state index in [1.54, 1.807) is 42.7 Å². The lowest BCUT2D eigenvalue weighted by Crippen LogP contribution is -2.42. The van der Waals surface area contributed by atoms with E-state index in [0.29, 0.717) is 0 Å². The van der Waals surface area contributed by atoms with Gasteiger partial charge in [0.25, 0.3) is 0 Å². The van der Waals surface area contributed by atoms with E-state index in [2.05, 4.69) is 21.6 Å². The summed E-state index contributed by atoms with van der Waals surface area (Å²) in [4.78, 5) is 0. The van der Waals surface area contributed by atoms with Crippen molar-refractivity contribution >= 4 is 39.2 Å². The lowest BCUT2D eigenvalue weighted by molar-refractivity contribution is 0.122. The molecule has 242 valence electrons. The van der Waals surface area contributed by atoms with E-state index in [1.165, 1.54) is 127 Å². The highest BCUT2D eigenvalue weighted by molar-refractivity contribution is 8.76. The molecule has 0 N–H and O–H groups in total. The van der Waals surface area contributed by atoms with Crippen LogP contribution in [0.4, 0.5) is 0 Å². The summed E-state index contributed by atoms with van der Waals surface area (Å²) in [5, 5.41) is 0. The van der Waals surface area contributed by atoms with Gasteiger partial charge in [-0.3, -0.25) is 0 Å². The molecule has 0 aliphatic rings. The van der Waals surface area contributed by atoms with Crippen molar-refractivity contribution in [3.8, 4) is 0 Å². The zero-order valence-corrected chi connectivity index (χ0v) is 30.9. The predicted octanol–water partition coefficient (Wildman–Crippen LogP) is 9.93. The Morgan fingerprint density at radius 3 is 0.725 bits per heavy atom. The molecule has 0 bridgehead atoms. The highest BCUT2D eigenvalue weighted by Gasteiger charge is 2.37. The van der Waals surface area contributed by atoms with Crippen molar-refractivity contribution < 1.29 is 26.6 Å². The van der Waals surface area contributed by atoms with E-state index in [4.69, 9.17) is 26.6 Å². The molecule has 0 atom stereocenters. The van der Waals surface area contributed by atoms with Crippen LogP contribution in [-0.2, 0) is 26.6 Å². The van der Waals surface area contributed by atoms with Crippen LogP contribution in [0.1, 0.15) is 128 Å².